The number of nitrogens with one attached hydrogen (secondary N) is 1. The zero-order valence-corrected chi connectivity index (χ0v) is 17.4. The molecule has 7 nitrogen and oxygen atoms in total. The van der Waals surface area contributed by atoms with E-state index in [0.29, 0.717) is 36.8 Å². The lowest BCUT2D eigenvalue weighted by molar-refractivity contribution is -0.121. The molecule has 2 rings (SSSR count). The van der Waals surface area contributed by atoms with Crippen LogP contribution in [0.15, 0.2) is 29.1 Å². The number of aromatic nitrogens is 1. The van der Waals surface area contributed by atoms with Gasteiger partial charge in [-0.3, -0.25) is 9.59 Å². The molecule has 0 saturated carbocycles. The number of hydrogen-bond acceptors (Lipinski definition) is 6. The molecule has 1 aromatic carbocycles. The second-order valence-corrected chi connectivity index (χ2v) is 6.93. The molecule has 1 aromatic heterocycles. The van der Waals surface area contributed by atoms with Crippen molar-refractivity contribution in [3.63, 3.8) is 0 Å². The van der Waals surface area contributed by atoms with Crippen LogP contribution in [0.2, 0.25) is 0 Å². The lowest BCUT2D eigenvalue weighted by Crippen LogP contribution is -2.41. The van der Waals surface area contributed by atoms with Gasteiger partial charge in [0.2, 0.25) is 5.91 Å². The molecule has 1 heterocycles. The van der Waals surface area contributed by atoms with Gasteiger partial charge in [-0.15, -0.1) is 11.3 Å². The molecule has 28 heavy (non-hydrogen) atoms. The van der Waals surface area contributed by atoms with Gasteiger partial charge in [0.25, 0.3) is 5.91 Å². The van der Waals surface area contributed by atoms with Crippen molar-refractivity contribution >= 4 is 23.2 Å². The summed E-state index contributed by atoms with van der Waals surface area (Å²) in [5, 5.41) is 4.72. The van der Waals surface area contributed by atoms with Crippen molar-refractivity contribution in [3.05, 3.63) is 40.3 Å². The predicted octanol–water partition coefficient (Wildman–Crippen LogP) is 3.11. The van der Waals surface area contributed by atoms with Gasteiger partial charge >= 0.3 is 0 Å². The summed E-state index contributed by atoms with van der Waals surface area (Å²) in [5.41, 5.74) is 3.03. The van der Waals surface area contributed by atoms with Crippen LogP contribution < -0.4 is 14.8 Å². The van der Waals surface area contributed by atoms with Crippen molar-refractivity contribution < 1.29 is 19.1 Å². The van der Waals surface area contributed by atoms with Crippen LogP contribution in [0.5, 0.6) is 11.5 Å². The minimum atomic E-state index is -0.210. The number of carbonyl (C=O) groups is 2. The Labute approximate surface area is 169 Å². The van der Waals surface area contributed by atoms with E-state index in [4.69, 9.17) is 9.47 Å². The standard InChI is InChI=1S/C20H27N3O4S/c1-4-8-21-19(24)11-23(9-5-2)20(25)15-6-7-17(18(10-15)26-3)27-12-16-13-28-14-22-16/h6-7,10,13-14H,4-5,8-9,11-12H2,1-3H3,(H,21,24). The molecule has 152 valence electrons. The fourth-order valence-corrected chi connectivity index (χ4v) is 3.12. The Morgan fingerprint density at radius 3 is 2.68 bits per heavy atom. The third kappa shape index (κ3) is 6.23. The van der Waals surface area contributed by atoms with Crippen molar-refractivity contribution in [1.82, 2.24) is 15.2 Å². The molecule has 1 N–H and O–H groups in total. The van der Waals surface area contributed by atoms with E-state index in [1.54, 1.807) is 28.6 Å². The normalized spacial score (nSPS) is 10.4. The molecule has 0 saturated heterocycles. The predicted molar refractivity (Wildman–Crippen MR) is 109 cm³/mol. The van der Waals surface area contributed by atoms with Crippen LogP contribution in [0, 0.1) is 0 Å². The largest absolute Gasteiger partial charge is 0.493 e. The van der Waals surface area contributed by atoms with Crippen LogP contribution >= 0.6 is 11.3 Å². The van der Waals surface area contributed by atoms with Gasteiger partial charge in [0.05, 0.1) is 24.9 Å². The number of rotatable bonds is 11. The smallest absolute Gasteiger partial charge is 0.254 e. The van der Waals surface area contributed by atoms with E-state index in [0.717, 1.165) is 18.5 Å². The van der Waals surface area contributed by atoms with Crippen molar-refractivity contribution in [3.8, 4) is 11.5 Å². The summed E-state index contributed by atoms with van der Waals surface area (Å²) in [7, 11) is 1.53. The zero-order valence-electron chi connectivity index (χ0n) is 16.6. The first-order valence-corrected chi connectivity index (χ1v) is 10.3. The molecular weight excluding hydrogens is 378 g/mol. The number of ether oxygens (including phenoxy) is 2. The summed E-state index contributed by atoms with van der Waals surface area (Å²) in [6.07, 6.45) is 1.62. The maximum absolute atomic E-state index is 12.9. The highest BCUT2D eigenvalue weighted by atomic mass is 32.1. The van der Waals surface area contributed by atoms with Crippen LogP contribution in [0.4, 0.5) is 0 Å². The van der Waals surface area contributed by atoms with E-state index in [1.807, 2.05) is 19.2 Å². The van der Waals surface area contributed by atoms with E-state index in [2.05, 4.69) is 10.3 Å². The maximum Gasteiger partial charge on any atom is 0.254 e. The summed E-state index contributed by atoms with van der Waals surface area (Å²) >= 11 is 1.50. The molecule has 0 unspecified atom stereocenters. The first kappa shape index (κ1) is 21.7. The first-order chi connectivity index (χ1) is 13.6. The van der Waals surface area contributed by atoms with Gasteiger partial charge < -0.3 is 19.7 Å². The molecule has 2 amide bonds. The quantitative estimate of drug-likeness (QED) is 0.621. The minimum Gasteiger partial charge on any atom is -0.493 e. The number of amides is 2. The minimum absolute atomic E-state index is 0.0388. The van der Waals surface area contributed by atoms with Crippen LogP contribution in [0.25, 0.3) is 0 Å². The van der Waals surface area contributed by atoms with Crippen LogP contribution in [-0.4, -0.2) is 48.4 Å². The SMILES string of the molecule is CCCNC(=O)CN(CCC)C(=O)c1ccc(OCc2cscn2)c(OC)c1. The highest BCUT2D eigenvalue weighted by Gasteiger charge is 2.20. The number of thiazole rings is 1. The highest BCUT2D eigenvalue weighted by molar-refractivity contribution is 7.07. The fraction of sp³-hybridized carbons (Fsp3) is 0.450. The average molecular weight is 406 g/mol. The van der Waals surface area contributed by atoms with Crippen LogP contribution in [-0.2, 0) is 11.4 Å². The van der Waals surface area contributed by atoms with E-state index in [-0.39, 0.29) is 18.4 Å². The molecule has 2 aromatic rings. The van der Waals surface area contributed by atoms with Gasteiger partial charge in [0.15, 0.2) is 11.5 Å². The number of benzene rings is 1. The Morgan fingerprint density at radius 2 is 2.04 bits per heavy atom. The van der Waals surface area contributed by atoms with E-state index < -0.39 is 0 Å². The molecule has 0 aliphatic rings. The Hall–Kier alpha value is -2.61. The molecular formula is C20H27N3O4S. The van der Waals surface area contributed by atoms with Crippen LogP contribution in [0.1, 0.15) is 42.7 Å². The molecule has 0 aliphatic heterocycles. The van der Waals surface area contributed by atoms with Crippen molar-refractivity contribution in [1.29, 1.82) is 0 Å². The fourth-order valence-electron chi connectivity index (χ4n) is 2.58. The first-order valence-electron chi connectivity index (χ1n) is 9.32. The molecule has 0 spiro atoms. The van der Waals surface area contributed by atoms with E-state index in [1.165, 1.54) is 18.4 Å². The number of nitrogens with zero attached hydrogens (tertiary/aromatic N) is 2. The third-order valence-electron chi connectivity index (χ3n) is 3.96. The monoisotopic (exact) mass is 405 g/mol. The average Bonchev–Trinajstić information content (AvgIpc) is 3.23. The van der Waals surface area contributed by atoms with Gasteiger partial charge in [0, 0.05) is 24.0 Å². The maximum atomic E-state index is 12.9. The zero-order chi connectivity index (χ0) is 20.4. The van der Waals surface area contributed by atoms with E-state index >= 15 is 0 Å². The van der Waals surface area contributed by atoms with E-state index in [9.17, 15) is 9.59 Å². The molecule has 0 atom stereocenters. The molecule has 0 bridgehead atoms. The summed E-state index contributed by atoms with van der Waals surface area (Å²) in [6, 6.07) is 5.04. The molecule has 0 aliphatic carbocycles. The lowest BCUT2D eigenvalue weighted by Gasteiger charge is -2.22. The Morgan fingerprint density at radius 1 is 1.21 bits per heavy atom. The van der Waals surface area contributed by atoms with Gasteiger partial charge in [-0.2, -0.15) is 0 Å². The molecule has 8 heteroatoms. The molecule has 0 fully saturated rings. The summed E-state index contributed by atoms with van der Waals surface area (Å²) in [4.78, 5) is 30.7. The van der Waals surface area contributed by atoms with Gasteiger partial charge in [0.1, 0.15) is 6.61 Å². The Balaban J connectivity index is 2.10. The van der Waals surface area contributed by atoms with Gasteiger partial charge in [-0.05, 0) is 31.0 Å². The Kier molecular flexibility index (Phi) is 8.74. The number of methoxy groups -OCH3 is 1. The van der Waals surface area contributed by atoms with Gasteiger partial charge in [-0.25, -0.2) is 4.98 Å². The summed E-state index contributed by atoms with van der Waals surface area (Å²) < 4.78 is 11.1. The number of carbonyl (C=O) groups excluding carboxylic acids is 2. The second-order valence-electron chi connectivity index (χ2n) is 6.21. The topological polar surface area (TPSA) is 80.8 Å². The second kappa shape index (κ2) is 11.3. The molecule has 0 radical (unpaired) electrons. The summed E-state index contributed by atoms with van der Waals surface area (Å²) in [6.45, 7) is 5.43. The lowest BCUT2D eigenvalue weighted by atomic mass is 10.1. The van der Waals surface area contributed by atoms with Crippen molar-refractivity contribution in [2.24, 2.45) is 0 Å². The highest BCUT2D eigenvalue weighted by Crippen LogP contribution is 2.29. The van der Waals surface area contributed by atoms with Crippen molar-refractivity contribution in [2.75, 3.05) is 26.7 Å². The third-order valence-corrected chi connectivity index (χ3v) is 4.59. The van der Waals surface area contributed by atoms with Crippen molar-refractivity contribution in [2.45, 2.75) is 33.3 Å². The summed E-state index contributed by atoms with van der Waals surface area (Å²) in [5.74, 6) is 0.638. The van der Waals surface area contributed by atoms with Crippen LogP contribution in [0.3, 0.4) is 0 Å². The Bertz CT molecular complexity index is 765. The number of hydrogen-bond donors (Lipinski definition) is 1. The van der Waals surface area contributed by atoms with Gasteiger partial charge in [-0.1, -0.05) is 13.8 Å².